The van der Waals surface area contributed by atoms with Crippen molar-refractivity contribution >= 4 is 27.7 Å². The minimum Gasteiger partial charge on any atom is -0.496 e. The largest absolute Gasteiger partial charge is 0.496 e. The monoisotopic (exact) mass is 829 g/mol. The summed E-state index contributed by atoms with van der Waals surface area (Å²) in [6.45, 7) is 15.7. The highest BCUT2D eigenvalue weighted by molar-refractivity contribution is 9.11. The predicted molar refractivity (Wildman–Crippen MR) is 220 cm³/mol. The maximum absolute atomic E-state index is 14.3. The maximum atomic E-state index is 14.3. The van der Waals surface area contributed by atoms with Crippen molar-refractivity contribution in [2.45, 2.75) is 117 Å². The van der Waals surface area contributed by atoms with Gasteiger partial charge in [-0.1, -0.05) is 75.7 Å². The molecule has 1 aromatic carbocycles. The number of hydrogen-bond acceptors (Lipinski definition) is 9. The second-order valence-electron chi connectivity index (χ2n) is 19.0. The molecule has 6 rings (SSSR count). The Kier molecular flexibility index (Phi) is 13.6. The van der Waals surface area contributed by atoms with Gasteiger partial charge in [-0.25, -0.2) is 0 Å². The smallest absolute Gasteiger partial charge is 0.252 e. The number of carbonyl (C=O) groups excluding carboxylic acids is 2. The molecule has 2 bridgehead atoms. The Balaban J connectivity index is 1.45. The van der Waals surface area contributed by atoms with Crippen LogP contribution in [0.3, 0.4) is 0 Å². The number of nitrogens with one attached hydrogen (secondary N) is 2. The molecule has 2 amide bonds. The number of ether oxygens (including phenoxy) is 1. The first-order valence-electron chi connectivity index (χ1n) is 20.1. The number of hydroxylamine groups is 2. The van der Waals surface area contributed by atoms with Crippen LogP contribution in [0.15, 0.2) is 40.0 Å². The second-order valence-corrected chi connectivity index (χ2v) is 19.9. The van der Waals surface area contributed by atoms with Crippen LogP contribution in [-0.4, -0.2) is 116 Å². The fraction of sp³-hybridized carbons (Fsp3) is 0.721. The van der Waals surface area contributed by atoms with E-state index < -0.39 is 24.2 Å². The van der Waals surface area contributed by atoms with Crippen molar-refractivity contribution in [2.75, 3.05) is 48.5 Å². The molecule has 10 atom stereocenters. The van der Waals surface area contributed by atoms with Crippen LogP contribution in [0, 0.1) is 34.5 Å². The molecule has 1 aromatic rings. The number of methoxy groups -OCH3 is 1. The molecule has 308 valence electrons. The van der Waals surface area contributed by atoms with Gasteiger partial charge in [0.25, 0.3) is 5.91 Å². The van der Waals surface area contributed by atoms with Gasteiger partial charge in [-0.15, -0.1) is 0 Å². The van der Waals surface area contributed by atoms with Crippen molar-refractivity contribution in [3.8, 4) is 5.75 Å². The van der Waals surface area contributed by atoms with Crippen LogP contribution in [0.4, 0.5) is 0 Å². The number of para-hydroxylation sites is 1. The fourth-order valence-electron chi connectivity index (χ4n) is 10.0. The van der Waals surface area contributed by atoms with Gasteiger partial charge in [0.05, 0.1) is 31.9 Å². The number of halogens is 1. The number of aliphatic hydroxyl groups excluding tert-OH is 2. The fourth-order valence-corrected chi connectivity index (χ4v) is 10.7. The van der Waals surface area contributed by atoms with E-state index in [0.29, 0.717) is 35.5 Å². The Morgan fingerprint density at radius 1 is 1.16 bits per heavy atom. The number of aliphatic hydroxyl groups is 2. The minimum absolute atomic E-state index is 0.0318. The van der Waals surface area contributed by atoms with Crippen LogP contribution in [0.1, 0.15) is 91.2 Å². The normalized spacial score (nSPS) is 30.4. The highest BCUT2D eigenvalue weighted by atomic mass is 79.9. The summed E-state index contributed by atoms with van der Waals surface area (Å²) in [6, 6.07) is 5.13. The predicted octanol–water partition coefficient (Wildman–Crippen LogP) is 5.42. The molecule has 4 aliphatic carbocycles. The molecule has 3 saturated carbocycles. The van der Waals surface area contributed by atoms with E-state index in [1.54, 1.807) is 19.1 Å². The van der Waals surface area contributed by atoms with Gasteiger partial charge < -0.3 is 35.4 Å². The molecular formula is C43H68BrN5O6. The number of benzene rings is 1. The van der Waals surface area contributed by atoms with Crippen LogP contribution in [0.2, 0.25) is 0 Å². The molecule has 1 unspecified atom stereocenters. The van der Waals surface area contributed by atoms with Gasteiger partial charge in [-0.2, -0.15) is 5.06 Å². The van der Waals surface area contributed by atoms with E-state index in [1.807, 2.05) is 57.4 Å². The van der Waals surface area contributed by atoms with Gasteiger partial charge in [0, 0.05) is 65.9 Å². The molecule has 1 aliphatic heterocycles. The Morgan fingerprint density at radius 2 is 1.85 bits per heavy atom. The van der Waals surface area contributed by atoms with Crippen molar-refractivity contribution in [3.05, 3.63) is 51.2 Å². The SMILES string of the molecule is COc1c(CN2O[C@@H](CO)[C@@H]([C@H](C)O)[C@H]2C(=O)N[C@H]2C[C@H]3C[C@@H]([C@@H]2C)C3(C)C)cccc1C1CC(N(C)C)=CC(C(=O)N[C@H](CN(C)C)CC(C)(C)C)=C1Br. The summed E-state index contributed by atoms with van der Waals surface area (Å²) in [5, 5.41) is 29.7. The van der Waals surface area contributed by atoms with Crippen LogP contribution < -0.4 is 15.4 Å². The number of allylic oxidation sites excluding steroid dienone is 2. The number of likely N-dealkylation sites (N-methyl/N-ethyl adjacent to an activating group) is 1. The van der Waals surface area contributed by atoms with Crippen molar-refractivity contribution in [1.82, 2.24) is 25.5 Å². The Morgan fingerprint density at radius 3 is 2.40 bits per heavy atom. The number of hydrogen-bond donors (Lipinski definition) is 4. The zero-order valence-electron chi connectivity index (χ0n) is 35.3. The number of nitrogens with zero attached hydrogens (tertiary/aromatic N) is 3. The first-order chi connectivity index (χ1) is 25.7. The Bertz CT molecular complexity index is 1620. The van der Waals surface area contributed by atoms with E-state index in [9.17, 15) is 19.8 Å². The number of carbonyl (C=O) groups is 2. The average Bonchev–Trinajstić information content (AvgIpc) is 3.46. The standard InChI is InChI=1S/C43H68BrN5O6/c1-24-33-16-27(43(33,6)7)17-34(24)46-41(53)38-36(25(2)51)35(23-50)55-49(38)21-26-14-13-15-30(39(26)54-12)31-18-29(48(10)11)19-32(37(31)44)40(52)45-28(22-47(8)9)20-42(3,4)5/h13-15,19,24-25,27-28,31,33-36,38,50-51H,16-18,20-23H2,1-12H3,(H,45,52)(H,46,53)/t24-,25-,27+,28-,31?,33-,34-,35-,36+,38-/m0/s1. The van der Waals surface area contributed by atoms with Gasteiger partial charge in [0.2, 0.25) is 5.91 Å². The lowest BCUT2D eigenvalue weighted by molar-refractivity contribution is -0.183. The zero-order valence-corrected chi connectivity index (χ0v) is 36.9. The summed E-state index contributed by atoms with van der Waals surface area (Å²) >= 11 is 3.90. The summed E-state index contributed by atoms with van der Waals surface area (Å²) in [5.74, 6) is 0.911. The first kappa shape index (κ1) is 43.6. The molecule has 1 saturated heterocycles. The molecule has 12 heteroatoms. The summed E-state index contributed by atoms with van der Waals surface area (Å²) in [7, 11) is 9.66. The van der Waals surface area contributed by atoms with Crippen LogP contribution >= 0.6 is 15.9 Å². The Hall–Kier alpha value is -2.48. The molecule has 0 radical (unpaired) electrons. The lowest BCUT2D eigenvalue weighted by atomic mass is 9.45. The molecule has 4 N–H and O–H groups in total. The third-order valence-electron chi connectivity index (χ3n) is 13.0. The van der Waals surface area contributed by atoms with Gasteiger partial charge in [0.15, 0.2) is 0 Å². The second kappa shape index (κ2) is 17.2. The van der Waals surface area contributed by atoms with Crippen molar-refractivity contribution < 1.29 is 29.4 Å². The lowest BCUT2D eigenvalue weighted by Crippen LogP contribution is -2.62. The molecule has 1 heterocycles. The van der Waals surface area contributed by atoms with E-state index in [2.05, 4.69) is 73.0 Å². The summed E-state index contributed by atoms with van der Waals surface area (Å²) < 4.78 is 6.95. The van der Waals surface area contributed by atoms with E-state index in [1.165, 1.54) is 6.42 Å². The molecule has 55 heavy (non-hydrogen) atoms. The van der Waals surface area contributed by atoms with Crippen molar-refractivity contribution in [3.63, 3.8) is 0 Å². The summed E-state index contributed by atoms with van der Waals surface area (Å²) in [5.41, 5.74) is 3.59. The highest BCUT2D eigenvalue weighted by Crippen LogP contribution is 2.61. The maximum Gasteiger partial charge on any atom is 0.252 e. The van der Waals surface area contributed by atoms with Crippen LogP contribution in [0.5, 0.6) is 5.75 Å². The quantitative estimate of drug-likeness (QED) is 0.195. The molecule has 4 fully saturated rings. The van der Waals surface area contributed by atoms with Crippen molar-refractivity contribution in [1.29, 1.82) is 0 Å². The van der Waals surface area contributed by atoms with E-state index in [-0.39, 0.29) is 53.8 Å². The number of rotatable bonds is 14. The van der Waals surface area contributed by atoms with Gasteiger partial charge in [-0.3, -0.25) is 14.4 Å². The first-order valence-corrected chi connectivity index (χ1v) is 20.9. The number of fused-ring (bicyclic) bond motifs is 2. The van der Waals surface area contributed by atoms with Gasteiger partial charge >= 0.3 is 0 Å². The molecule has 11 nitrogen and oxygen atoms in total. The average molecular weight is 831 g/mol. The minimum atomic E-state index is -0.896. The summed E-state index contributed by atoms with van der Waals surface area (Å²) in [6.07, 6.45) is 3.93. The third-order valence-corrected chi connectivity index (χ3v) is 14.0. The number of amides is 2. The van der Waals surface area contributed by atoms with Crippen molar-refractivity contribution in [2.24, 2.45) is 34.5 Å². The molecule has 5 aliphatic rings. The molecular weight excluding hydrogens is 762 g/mol. The van der Waals surface area contributed by atoms with Gasteiger partial charge in [0.1, 0.15) is 17.9 Å². The molecule has 0 aromatic heterocycles. The van der Waals surface area contributed by atoms with Crippen LogP contribution in [-0.2, 0) is 21.0 Å². The summed E-state index contributed by atoms with van der Waals surface area (Å²) in [4.78, 5) is 38.9. The zero-order chi connectivity index (χ0) is 40.7. The lowest BCUT2D eigenvalue weighted by Gasteiger charge is -2.62. The Labute approximate surface area is 338 Å². The highest BCUT2D eigenvalue weighted by Gasteiger charge is 2.57. The molecule has 0 spiro atoms. The van der Waals surface area contributed by atoms with Crippen LogP contribution in [0.25, 0.3) is 0 Å². The third kappa shape index (κ3) is 9.31. The van der Waals surface area contributed by atoms with E-state index >= 15 is 0 Å². The van der Waals surface area contributed by atoms with Gasteiger partial charge in [-0.05, 0) is 81.4 Å². The van der Waals surface area contributed by atoms with E-state index in [4.69, 9.17) is 9.57 Å². The van der Waals surface area contributed by atoms with E-state index in [0.717, 1.165) is 40.7 Å². The topological polar surface area (TPSA) is 127 Å².